The van der Waals surface area contributed by atoms with Crippen LogP contribution in [0.1, 0.15) is 31.6 Å². The van der Waals surface area contributed by atoms with Crippen molar-refractivity contribution in [2.45, 2.75) is 39.3 Å². The van der Waals surface area contributed by atoms with E-state index >= 15 is 0 Å². The zero-order valence-corrected chi connectivity index (χ0v) is 13.9. The molecular weight excluding hydrogens is 282 g/mol. The van der Waals surface area contributed by atoms with Crippen LogP contribution < -0.4 is 5.73 Å². The topological polar surface area (TPSA) is 49.6 Å². The maximum absolute atomic E-state index is 12.5. The Bertz CT molecular complexity index is 435. The van der Waals surface area contributed by atoms with Crippen LogP contribution in [0, 0.1) is 5.92 Å². The Morgan fingerprint density at radius 3 is 2.86 bits per heavy atom. The predicted molar refractivity (Wildman–Crippen MR) is 88.2 cm³/mol. The standard InChI is InChI=1S/C16H27N3OS/c1-3-13(2)15(17)16(20)19-8-5-7-18(9-10-19)12-14-6-4-11-21-14/h4,6,11,13,15H,3,5,7-10,12,17H2,1-2H3/t13?,15-/m0/s1. The summed E-state index contributed by atoms with van der Waals surface area (Å²) in [7, 11) is 0. The molecule has 2 atom stereocenters. The van der Waals surface area contributed by atoms with Gasteiger partial charge in [0.2, 0.25) is 5.91 Å². The van der Waals surface area contributed by atoms with Crippen LogP contribution in [0.4, 0.5) is 0 Å². The van der Waals surface area contributed by atoms with E-state index < -0.39 is 0 Å². The van der Waals surface area contributed by atoms with Gasteiger partial charge in [-0.2, -0.15) is 0 Å². The quantitative estimate of drug-likeness (QED) is 0.907. The number of nitrogens with two attached hydrogens (primary N) is 1. The SMILES string of the molecule is CCC(C)[C@H](N)C(=O)N1CCCN(Cc2cccs2)CC1. The fraction of sp³-hybridized carbons (Fsp3) is 0.688. The van der Waals surface area contributed by atoms with E-state index in [4.69, 9.17) is 5.73 Å². The van der Waals surface area contributed by atoms with Crippen LogP contribution in [0.3, 0.4) is 0 Å². The number of nitrogens with zero attached hydrogens (tertiary/aromatic N) is 2. The van der Waals surface area contributed by atoms with Gasteiger partial charge in [-0.15, -0.1) is 11.3 Å². The second kappa shape index (κ2) is 7.92. The lowest BCUT2D eigenvalue weighted by Crippen LogP contribution is -2.48. The van der Waals surface area contributed by atoms with Crippen LogP contribution in [-0.4, -0.2) is 47.9 Å². The van der Waals surface area contributed by atoms with Gasteiger partial charge in [0.25, 0.3) is 0 Å². The number of thiophene rings is 1. The number of carbonyl (C=O) groups excluding carboxylic acids is 1. The summed E-state index contributed by atoms with van der Waals surface area (Å²) < 4.78 is 0. The van der Waals surface area contributed by atoms with Gasteiger partial charge in [-0.1, -0.05) is 26.3 Å². The van der Waals surface area contributed by atoms with Crippen LogP contribution in [0.2, 0.25) is 0 Å². The molecule has 0 saturated carbocycles. The Balaban J connectivity index is 1.86. The molecule has 0 aromatic carbocycles. The highest BCUT2D eigenvalue weighted by Crippen LogP contribution is 2.15. The van der Waals surface area contributed by atoms with Crippen molar-refractivity contribution in [2.24, 2.45) is 11.7 Å². The second-order valence-electron chi connectivity index (χ2n) is 5.95. The molecule has 1 aromatic rings. The molecule has 118 valence electrons. The van der Waals surface area contributed by atoms with Crippen molar-refractivity contribution in [3.05, 3.63) is 22.4 Å². The molecule has 4 nitrogen and oxygen atoms in total. The molecule has 2 rings (SSSR count). The molecule has 21 heavy (non-hydrogen) atoms. The molecule has 0 spiro atoms. The summed E-state index contributed by atoms with van der Waals surface area (Å²) in [6.07, 6.45) is 1.98. The van der Waals surface area contributed by atoms with Crippen molar-refractivity contribution >= 4 is 17.2 Å². The predicted octanol–water partition coefficient (Wildman–Crippen LogP) is 2.16. The summed E-state index contributed by atoms with van der Waals surface area (Å²) in [6.45, 7) is 8.78. The Kier molecular flexibility index (Phi) is 6.21. The Morgan fingerprint density at radius 2 is 2.19 bits per heavy atom. The minimum absolute atomic E-state index is 0.127. The van der Waals surface area contributed by atoms with Gasteiger partial charge < -0.3 is 10.6 Å². The van der Waals surface area contributed by atoms with E-state index in [0.29, 0.717) is 0 Å². The zero-order valence-electron chi connectivity index (χ0n) is 13.1. The maximum Gasteiger partial charge on any atom is 0.239 e. The van der Waals surface area contributed by atoms with Crippen molar-refractivity contribution in [1.82, 2.24) is 9.80 Å². The molecule has 1 unspecified atom stereocenters. The van der Waals surface area contributed by atoms with E-state index in [1.54, 1.807) is 11.3 Å². The van der Waals surface area contributed by atoms with Gasteiger partial charge in [0, 0.05) is 37.6 Å². The number of amides is 1. The third-order valence-electron chi connectivity index (χ3n) is 4.40. The van der Waals surface area contributed by atoms with Crippen LogP contribution in [0.5, 0.6) is 0 Å². The first-order valence-corrected chi connectivity index (χ1v) is 8.79. The maximum atomic E-state index is 12.5. The minimum atomic E-state index is -0.348. The molecule has 0 aliphatic carbocycles. The number of hydrogen-bond donors (Lipinski definition) is 1. The van der Waals surface area contributed by atoms with E-state index in [9.17, 15) is 4.79 Å². The zero-order chi connectivity index (χ0) is 15.2. The molecule has 1 saturated heterocycles. The van der Waals surface area contributed by atoms with Gasteiger partial charge in [0.15, 0.2) is 0 Å². The molecule has 1 aliphatic heterocycles. The smallest absolute Gasteiger partial charge is 0.239 e. The first kappa shape index (κ1) is 16.5. The molecule has 1 fully saturated rings. The van der Waals surface area contributed by atoms with Crippen molar-refractivity contribution in [2.75, 3.05) is 26.2 Å². The Labute approximate surface area is 131 Å². The summed E-state index contributed by atoms with van der Waals surface area (Å²) in [6, 6.07) is 3.93. The lowest BCUT2D eigenvalue weighted by Gasteiger charge is -2.27. The Morgan fingerprint density at radius 1 is 1.38 bits per heavy atom. The molecule has 2 N–H and O–H groups in total. The third kappa shape index (κ3) is 4.53. The normalized spacial score (nSPS) is 20.0. The Hall–Kier alpha value is -0.910. The van der Waals surface area contributed by atoms with Crippen LogP contribution in [-0.2, 0) is 11.3 Å². The van der Waals surface area contributed by atoms with E-state index in [-0.39, 0.29) is 17.9 Å². The van der Waals surface area contributed by atoms with E-state index in [1.165, 1.54) is 4.88 Å². The highest BCUT2D eigenvalue weighted by molar-refractivity contribution is 7.09. The average molecular weight is 309 g/mol. The molecular formula is C16H27N3OS. The lowest BCUT2D eigenvalue weighted by molar-refractivity contribution is -0.133. The number of rotatable bonds is 5. The van der Waals surface area contributed by atoms with Gasteiger partial charge in [-0.25, -0.2) is 0 Å². The van der Waals surface area contributed by atoms with Gasteiger partial charge in [-0.3, -0.25) is 9.69 Å². The highest BCUT2D eigenvalue weighted by atomic mass is 32.1. The summed E-state index contributed by atoms with van der Waals surface area (Å²) >= 11 is 1.80. The largest absolute Gasteiger partial charge is 0.340 e. The molecule has 1 amide bonds. The van der Waals surface area contributed by atoms with Crippen molar-refractivity contribution in [3.63, 3.8) is 0 Å². The van der Waals surface area contributed by atoms with Crippen molar-refractivity contribution < 1.29 is 4.79 Å². The van der Waals surface area contributed by atoms with E-state index in [0.717, 1.165) is 45.6 Å². The highest BCUT2D eigenvalue weighted by Gasteiger charge is 2.26. The fourth-order valence-corrected chi connectivity index (χ4v) is 3.43. The first-order chi connectivity index (χ1) is 10.1. The average Bonchev–Trinajstić information content (AvgIpc) is 2.89. The molecule has 5 heteroatoms. The third-order valence-corrected chi connectivity index (χ3v) is 5.26. The monoisotopic (exact) mass is 309 g/mol. The molecule has 1 aliphatic rings. The lowest BCUT2D eigenvalue weighted by atomic mass is 9.99. The van der Waals surface area contributed by atoms with Crippen molar-refractivity contribution in [3.8, 4) is 0 Å². The summed E-state index contributed by atoms with van der Waals surface area (Å²) in [5.74, 6) is 0.380. The summed E-state index contributed by atoms with van der Waals surface area (Å²) in [5, 5.41) is 2.12. The van der Waals surface area contributed by atoms with Gasteiger partial charge in [0.1, 0.15) is 0 Å². The van der Waals surface area contributed by atoms with E-state index in [2.05, 4.69) is 36.3 Å². The van der Waals surface area contributed by atoms with Crippen LogP contribution >= 0.6 is 11.3 Å². The molecule has 0 radical (unpaired) electrons. The van der Waals surface area contributed by atoms with Crippen molar-refractivity contribution in [1.29, 1.82) is 0 Å². The van der Waals surface area contributed by atoms with Gasteiger partial charge >= 0.3 is 0 Å². The fourth-order valence-electron chi connectivity index (χ4n) is 2.68. The van der Waals surface area contributed by atoms with Crippen LogP contribution in [0.15, 0.2) is 17.5 Å². The number of carbonyl (C=O) groups is 1. The molecule has 0 bridgehead atoms. The minimum Gasteiger partial charge on any atom is -0.340 e. The second-order valence-corrected chi connectivity index (χ2v) is 6.98. The first-order valence-electron chi connectivity index (χ1n) is 7.91. The van der Waals surface area contributed by atoms with Crippen LogP contribution in [0.25, 0.3) is 0 Å². The van der Waals surface area contributed by atoms with Gasteiger partial charge in [0.05, 0.1) is 6.04 Å². The number of hydrogen-bond acceptors (Lipinski definition) is 4. The van der Waals surface area contributed by atoms with E-state index in [1.807, 2.05) is 4.90 Å². The summed E-state index contributed by atoms with van der Waals surface area (Å²) in [4.78, 5) is 18.3. The molecule has 2 heterocycles. The van der Waals surface area contributed by atoms with Gasteiger partial charge in [-0.05, 0) is 23.8 Å². The molecule has 1 aromatic heterocycles. The summed E-state index contributed by atoms with van der Waals surface area (Å²) in [5.41, 5.74) is 6.09.